The van der Waals surface area contributed by atoms with E-state index in [4.69, 9.17) is 16.6 Å². The molecule has 7 nitrogen and oxygen atoms in total. The zero-order valence-corrected chi connectivity index (χ0v) is 17.7. The lowest BCUT2D eigenvalue weighted by atomic mass is 9.98. The lowest BCUT2D eigenvalue weighted by Crippen LogP contribution is -2.06. The minimum atomic E-state index is 0.516. The number of hydrogen-bond acceptors (Lipinski definition) is 5. The first kappa shape index (κ1) is 19.4. The molecular formula is C23H20ClN7. The molecule has 2 aromatic carbocycles. The first-order valence-electron chi connectivity index (χ1n) is 10.2. The van der Waals surface area contributed by atoms with Crippen LogP contribution in [0.2, 0.25) is 5.02 Å². The number of pyridine rings is 1. The van der Waals surface area contributed by atoms with Gasteiger partial charge in [0, 0.05) is 23.2 Å². The minimum Gasteiger partial charge on any atom is -0.308 e. The molecule has 0 saturated carbocycles. The third-order valence-corrected chi connectivity index (χ3v) is 5.47. The van der Waals surface area contributed by atoms with E-state index in [1.54, 1.807) is 0 Å². The van der Waals surface area contributed by atoms with E-state index in [0.29, 0.717) is 10.8 Å². The third-order valence-electron chi connectivity index (χ3n) is 5.23. The van der Waals surface area contributed by atoms with Gasteiger partial charge >= 0.3 is 0 Å². The summed E-state index contributed by atoms with van der Waals surface area (Å²) in [6.45, 7) is 2.89. The Morgan fingerprint density at radius 2 is 1.90 bits per heavy atom. The minimum absolute atomic E-state index is 0.516. The highest BCUT2D eigenvalue weighted by Gasteiger charge is 2.14. The first-order valence-corrected chi connectivity index (χ1v) is 10.5. The predicted molar refractivity (Wildman–Crippen MR) is 121 cm³/mol. The van der Waals surface area contributed by atoms with E-state index >= 15 is 0 Å². The highest BCUT2D eigenvalue weighted by atomic mass is 35.5. The monoisotopic (exact) mass is 429 g/mol. The van der Waals surface area contributed by atoms with Gasteiger partial charge in [-0.25, -0.2) is 9.97 Å². The largest absolute Gasteiger partial charge is 0.308 e. The van der Waals surface area contributed by atoms with Crippen molar-refractivity contribution in [1.29, 1.82) is 0 Å². The molecule has 8 heteroatoms. The number of benzene rings is 2. The Morgan fingerprint density at radius 3 is 2.68 bits per heavy atom. The number of rotatable bonds is 6. The van der Waals surface area contributed by atoms with Gasteiger partial charge in [-0.2, -0.15) is 5.21 Å². The van der Waals surface area contributed by atoms with Crippen molar-refractivity contribution in [2.75, 3.05) is 0 Å². The lowest BCUT2D eigenvalue weighted by molar-refractivity contribution is 0.717. The highest BCUT2D eigenvalue weighted by Crippen LogP contribution is 2.32. The van der Waals surface area contributed by atoms with Gasteiger partial charge in [0.2, 0.25) is 5.82 Å². The zero-order valence-electron chi connectivity index (χ0n) is 17.0. The lowest BCUT2D eigenvalue weighted by Gasteiger charge is -2.11. The van der Waals surface area contributed by atoms with Gasteiger partial charge in [0.1, 0.15) is 11.3 Å². The predicted octanol–water partition coefficient (Wildman–Crippen LogP) is 4.93. The fraction of sp³-hybridized carbons (Fsp3) is 0.174. The number of aryl methyl sites for hydroxylation is 1. The van der Waals surface area contributed by atoms with Crippen LogP contribution in [0.15, 0.2) is 60.8 Å². The second-order valence-corrected chi connectivity index (χ2v) is 7.77. The Labute approximate surface area is 184 Å². The van der Waals surface area contributed by atoms with Crippen LogP contribution in [0.4, 0.5) is 0 Å². The summed E-state index contributed by atoms with van der Waals surface area (Å²) < 4.78 is 2.21. The zero-order chi connectivity index (χ0) is 21.2. The normalized spacial score (nSPS) is 11.3. The van der Waals surface area contributed by atoms with E-state index < -0.39 is 0 Å². The summed E-state index contributed by atoms with van der Waals surface area (Å²) in [4.78, 5) is 9.34. The van der Waals surface area contributed by atoms with Crippen LogP contribution in [0.25, 0.3) is 33.7 Å². The molecule has 0 aliphatic carbocycles. The summed E-state index contributed by atoms with van der Waals surface area (Å²) in [5.74, 6) is 1.58. The number of nitrogens with one attached hydrogen (secondary N) is 1. The molecule has 0 spiro atoms. The molecule has 5 rings (SSSR count). The number of aromatic amines is 1. The number of aromatic nitrogens is 7. The molecule has 31 heavy (non-hydrogen) atoms. The number of H-pyrrole nitrogens is 1. The van der Waals surface area contributed by atoms with Crippen LogP contribution in [-0.4, -0.2) is 35.2 Å². The maximum atomic E-state index is 6.21. The molecule has 0 fully saturated rings. The Hall–Kier alpha value is -3.58. The van der Waals surface area contributed by atoms with Crippen molar-refractivity contribution in [3.05, 3.63) is 77.2 Å². The average molecular weight is 430 g/mol. The van der Waals surface area contributed by atoms with Crippen molar-refractivity contribution in [3.63, 3.8) is 0 Å². The number of fused-ring (bicyclic) bond motifs is 1. The summed E-state index contributed by atoms with van der Waals surface area (Å²) in [6.07, 6.45) is 3.78. The van der Waals surface area contributed by atoms with E-state index in [1.807, 2.05) is 36.5 Å². The summed E-state index contributed by atoms with van der Waals surface area (Å²) in [7, 11) is 0. The Bertz CT molecular complexity index is 1320. The maximum absolute atomic E-state index is 6.21. The van der Waals surface area contributed by atoms with Crippen LogP contribution < -0.4 is 0 Å². The van der Waals surface area contributed by atoms with Crippen LogP contribution >= 0.6 is 11.6 Å². The number of tetrazole rings is 1. The maximum Gasteiger partial charge on any atom is 0.205 e. The van der Waals surface area contributed by atoms with Crippen molar-refractivity contribution in [2.45, 2.75) is 26.3 Å². The van der Waals surface area contributed by atoms with Crippen molar-refractivity contribution in [3.8, 4) is 22.5 Å². The third kappa shape index (κ3) is 3.80. The molecule has 3 aromatic heterocycles. The van der Waals surface area contributed by atoms with Crippen LogP contribution in [0.1, 0.15) is 24.7 Å². The Kier molecular flexibility index (Phi) is 5.18. The summed E-state index contributed by atoms with van der Waals surface area (Å²) in [5.41, 5.74) is 5.94. The van der Waals surface area contributed by atoms with Gasteiger partial charge in [0.05, 0.1) is 6.54 Å². The molecule has 0 aliphatic heterocycles. The number of hydrogen-bond donors (Lipinski definition) is 1. The second-order valence-electron chi connectivity index (χ2n) is 7.33. The smallest absolute Gasteiger partial charge is 0.205 e. The standard InChI is InChI=1S/C23H20ClN7/c1-2-4-21-26-20-5-3-12-25-23(20)31(21)14-15-6-8-16(9-7-15)18-11-10-17(24)13-19(18)22-27-29-30-28-22/h3,5-13H,2,4,14H2,1H3,(H,27,28,29,30). The van der Waals surface area contributed by atoms with E-state index in [-0.39, 0.29) is 0 Å². The van der Waals surface area contributed by atoms with E-state index in [1.165, 1.54) is 5.56 Å². The van der Waals surface area contributed by atoms with Gasteiger partial charge in [-0.05, 0) is 52.6 Å². The topological polar surface area (TPSA) is 85.2 Å². The molecule has 0 aliphatic rings. The summed E-state index contributed by atoms with van der Waals surface area (Å²) >= 11 is 6.21. The molecule has 0 atom stereocenters. The van der Waals surface area contributed by atoms with Crippen LogP contribution in [-0.2, 0) is 13.0 Å². The first-order chi connectivity index (χ1) is 15.2. The Morgan fingerprint density at radius 1 is 1.03 bits per heavy atom. The van der Waals surface area contributed by atoms with Gasteiger partial charge in [0.25, 0.3) is 0 Å². The Balaban J connectivity index is 1.49. The molecule has 0 unspecified atom stereocenters. The molecule has 154 valence electrons. The molecule has 0 amide bonds. The SMILES string of the molecule is CCCc1nc2cccnc2n1Cc1ccc(-c2ccc(Cl)cc2-c2nn[nH]n2)cc1. The quantitative estimate of drug-likeness (QED) is 0.413. The van der Waals surface area contributed by atoms with Gasteiger partial charge in [-0.1, -0.05) is 48.9 Å². The summed E-state index contributed by atoms with van der Waals surface area (Å²) in [5, 5.41) is 15.0. The van der Waals surface area contributed by atoms with Gasteiger partial charge in [0.15, 0.2) is 5.65 Å². The number of nitrogens with zero attached hydrogens (tertiary/aromatic N) is 6. The molecule has 0 radical (unpaired) electrons. The van der Waals surface area contributed by atoms with Crippen LogP contribution in [0, 0.1) is 0 Å². The number of imidazole rings is 1. The van der Waals surface area contributed by atoms with Crippen LogP contribution in [0.5, 0.6) is 0 Å². The molecule has 5 aromatic rings. The van der Waals surface area contributed by atoms with Crippen molar-refractivity contribution >= 4 is 22.8 Å². The second kappa shape index (κ2) is 8.28. The fourth-order valence-corrected chi connectivity index (χ4v) is 3.96. The van der Waals surface area contributed by atoms with E-state index in [2.05, 4.69) is 61.4 Å². The molecule has 3 heterocycles. The van der Waals surface area contributed by atoms with Gasteiger partial charge in [-0.3, -0.25) is 0 Å². The average Bonchev–Trinajstić information content (AvgIpc) is 3.44. The van der Waals surface area contributed by atoms with E-state index in [0.717, 1.165) is 53.1 Å². The molecular weight excluding hydrogens is 410 g/mol. The summed E-state index contributed by atoms with van der Waals surface area (Å²) in [6, 6.07) is 18.1. The van der Waals surface area contributed by atoms with Crippen molar-refractivity contribution in [1.82, 2.24) is 35.2 Å². The molecule has 1 N–H and O–H groups in total. The number of halogens is 1. The molecule has 0 bridgehead atoms. The highest BCUT2D eigenvalue weighted by molar-refractivity contribution is 6.31. The van der Waals surface area contributed by atoms with Crippen molar-refractivity contribution in [2.24, 2.45) is 0 Å². The molecule has 0 saturated heterocycles. The fourth-order valence-electron chi connectivity index (χ4n) is 3.79. The van der Waals surface area contributed by atoms with Gasteiger partial charge < -0.3 is 4.57 Å². The van der Waals surface area contributed by atoms with Crippen LogP contribution in [0.3, 0.4) is 0 Å². The van der Waals surface area contributed by atoms with Crippen molar-refractivity contribution < 1.29 is 0 Å². The van der Waals surface area contributed by atoms with E-state index in [9.17, 15) is 0 Å². The van der Waals surface area contributed by atoms with Gasteiger partial charge in [-0.15, -0.1) is 10.2 Å².